The van der Waals surface area contributed by atoms with Gasteiger partial charge in [0.05, 0.1) is 23.4 Å². The Morgan fingerprint density at radius 2 is 2.08 bits per heavy atom. The Bertz CT molecular complexity index is 755. The molecule has 0 bridgehead atoms. The van der Waals surface area contributed by atoms with E-state index in [0.29, 0.717) is 17.8 Å². The number of carbonyl (C=O) groups excluding carboxylic acids is 2. The average molecular weight is 327 g/mol. The van der Waals surface area contributed by atoms with E-state index in [1.54, 1.807) is 42.2 Å². The number of benzene rings is 1. The van der Waals surface area contributed by atoms with E-state index in [9.17, 15) is 9.59 Å². The zero-order valence-corrected chi connectivity index (χ0v) is 13.7. The highest BCUT2D eigenvalue weighted by Crippen LogP contribution is 2.29. The number of hydrogen-bond donors (Lipinski definition) is 3. The average Bonchev–Trinajstić information content (AvgIpc) is 3.23. The summed E-state index contributed by atoms with van der Waals surface area (Å²) in [6, 6.07) is 7.01. The molecule has 2 amide bonds. The van der Waals surface area contributed by atoms with Crippen LogP contribution in [-0.4, -0.2) is 41.7 Å². The minimum absolute atomic E-state index is 0.0749. The van der Waals surface area contributed by atoms with Crippen LogP contribution in [0.4, 0.5) is 5.69 Å². The van der Waals surface area contributed by atoms with Gasteiger partial charge in [-0.05, 0) is 17.7 Å². The van der Waals surface area contributed by atoms with E-state index < -0.39 is 0 Å². The lowest BCUT2D eigenvalue weighted by Crippen LogP contribution is -2.29. The van der Waals surface area contributed by atoms with Crippen LogP contribution in [0.3, 0.4) is 0 Å². The zero-order chi connectivity index (χ0) is 17.1. The van der Waals surface area contributed by atoms with E-state index in [1.807, 2.05) is 13.2 Å². The van der Waals surface area contributed by atoms with Crippen LogP contribution in [0.25, 0.3) is 0 Å². The molecule has 3 N–H and O–H groups in total. The van der Waals surface area contributed by atoms with Crippen molar-refractivity contribution in [3.8, 4) is 0 Å². The number of aromatic nitrogens is 2. The molecule has 7 heteroatoms. The number of anilines is 1. The van der Waals surface area contributed by atoms with Gasteiger partial charge in [-0.3, -0.25) is 14.3 Å². The van der Waals surface area contributed by atoms with Crippen molar-refractivity contribution in [1.29, 1.82) is 0 Å². The molecule has 1 aromatic heterocycles. The van der Waals surface area contributed by atoms with Crippen molar-refractivity contribution >= 4 is 17.5 Å². The molecule has 1 fully saturated rings. The molecule has 0 radical (unpaired) electrons. The fourth-order valence-electron chi connectivity index (χ4n) is 3.09. The Hall–Kier alpha value is -2.67. The molecule has 2 heterocycles. The third-order valence-electron chi connectivity index (χ3n) is 4.36. The number of hydrogen-bond acceptors (Lipinski definition) is 4. The SMILES string of the molecule is CNC(=O)c1ccccc1NC(=O)[C@H]1CNC[C@@H]1c1cnn(C)c1. The molecule has 1 aromatic carbocycles. The molecule has 126 valence electrons. The zero-order valence-electron chi connectivity index (χ0n) is 13.7. The van der Waals surface area contributed by atoms with Gasteiger partial charge in [0.1, 0.15) is 0 Å². The second-order valence-corrected chi connectivity index (χ2v) is 5.93. The minimum Gasteiger partial charge on any atom is -0.355 e. The van der Waals surface area contributed by atoms with Gasteiger partial charge in [-0.15, -0.1) is 0 Å². The monoisotopic (exact) mass is 327 g/mol. The van der Waals surface area contributed by atoms with Crippen LogP contribution >= 0.6 is 0 Å². The maximum absolute atomic E-state index is 12.8. The highest BCUT2D eigenvalue weighted by molar-refractivity contribution is 6.04. The molecule has 2 aromatic rings. The number of rotatable bonds is 4. The Balaban J connectivity index is 1.79. The van der Waals surface area contributed by atoms with Gasteiger partial charge in [0.15, 0.2) is 0 Å². The van der Waals surface area contributed by atoms with E-state index in [0.717, 1.165) is 12.1 Å². The predicted molar refractivity (Wildman–Crippen MR) is 90.8 cm³/mol. The molecule has 1 saturated heterocycles. The van der Waals surface area contributed by atoms with Gasteiger partial charge in [0.25, 0.3) is 5.91 Å². The number of carbonyl (C=O) groups is 2. The van der Waals surface area contributed by atoms with Gasteiger partial charge in [0, 0.05) is 39.3 Å². The first-order chi connectivity index (χ1) is 11.6. The van der Waals surface area contributed by atoms with Crippen LogP contribution in [0.2, 0.25) is 0 Å². The number of nitrogens with zero attached hydrogens (tertiary/aromatic N) is 2. The van der Waals surface area contributed by atoms with Crippen molar-refractivity contribution in [3.05, 3.63) is 47.8 Å². The fourth-order valence-corrected chi connectivity index (χ4v) is 3.09. The van der Waals surface area contributed by atoms with Crippen LogP contribution in [0.5, 0.6) is 0 Å². The summed E-state index contributed by atoms with van der Waals surface area (Å²) in [6.07, 6.45) is 3.74. The van der Waals surface area contributed by atoms with Gasteiger partial charge >= 0.3 is 0 Å². The molecule has 1 aliphatic heterocycles. The highest BCUT2D eigenvalue weighted by Gasteiger charge is 2.35. The molecule has 0 unspecified atom stereocenters. The number of nitrogens with one attached hydrogen (secondary N) is 3. The van der Waals surface area contributed by atoms with Crippen molar-refractivity contribution in [3.63, 3.8) is 0 Å². The number of aryl methyl sites for hydroxylation is 1. The Morgan fingerprint density at radius 1 is 1.29 bits per heavy atom. The van der Waals surface area contributed by atoms with Crippen molar-refractivity contribution < 1.29 is 9.59 Å². The summed E-state index contributed by atoms with van der Waals surface area (Å²) in [4.78, 5) is 24.7. The second-order valence-electron chi connectivity index (χ2n) is 5.93. The van der Waals surface area contributed by atoms with Crippen LogP contribution in [0.15, 0.2) is 36.7 Å². The number of amides is 2. The Labute approximate surface area is 140 Å². The molecule has 0 spiro atoms. The summed E-state index contributed by atoms with van der Waals surface area (Å²) in [6.45, 7) is 1.34. The van der Waals surface area contributed by atoms with Crippen molar-refractivity contribution in [2.75, 3.05) is 25.5 Å². The lowest BCUT2D eigenvalue weighted by Gasteiger charge is -2.18. The first-order valence-corrected chi connectivity index (χ1v) is 7.91. The third-order valence-corrected chi connectivity index (χ3v) is 4.36. The minimum atomic E-state index is -0.223. The van der Waals surface area contributed by atoms with Crippen molar-refractivity contribution in [2.45, 2.75) is 5.92 Å². The molecule has 24 heavy (non-hydrogen) atoms. The van der Waals surface area contributed by atoms with E-state index >= 15 is 0 Å². The van der Waals surface area contributed by atoms with E-state index in [1.165, 1.54) is 0 Å². The lowest BCUT2D eigenvalue weighted by molar-refractivity contribution is -0.119. The first-order valence-electron chi connectivity index (χ1n) is 7.91. The van der Waals surface area contributed by atoms with Gasteiger partial charge in [-0.2, -0.15) is 5.10 Å². The molecule has 2 atom stereocenters. The van der Waals surface area contributed by atoms with Crippen LogP contribution < -0.4 is 16.0 Å². The topological polar surface area (TPSA) is 88.1 Å². The van der Waals surface area contributed by atoms with Gasteiger partial charge in [-0.1, -0.05) is 12.1 Å². The van der Waals surface area contributed by atoms with E-state index in [4.69, 9.17) is 0 Å². The van der Waals surface area contributed by atoms with E-state index in [-0.39, 0.29) is 23.7 Å². The summed E-state index contributed by atoms with van der Waals surface area (Å²) in [7, 11) is 3.43. The molecule has 1 aliphatic rings. The molecule has 7 nitrogen and oxygen atoms in total. The summed E-state index contributed by atoms with van der Waals surface area (Å²) in [5.74, 6) is -0.442. The second kappa shape index (κ2) is 6.84. The summed E-state index contributed by atoms with van der Waals surface area (Å²) < 4.78 is 1.74. The van der Waals surface area contributed by atoms with Gasteiger partial charge in [0.2, 0.25) is 5.91 Å². The largest absolute Gasteiger partial charge is 0.355 e. The Morgan fingerprint density at radius 3 is 2.79 bits per heavy atom. The van der Waals surface area contributed by atoms with Crippen LogP contribution in [0, 0.1) is 5.92 Å². The van der Waals surface area contributed by atoms with Crippen molar-refractivity contribution in [2.24, 2.45) is 13.0 Å². The first kappa shape index (κ1) is 16.2. The summed E-state index contributed by atoms with van der Waals surface area (Å²) >= 11 is 0. The van der Waals surface area contributed by atoms with Gasteiger partial charge in [-0.25, -0.2) is 0 Å². The molecular weight excluding hydrogens is 306 g/mol. The van der Waals surface area contributed by atoms with Crippen molar-refractivity contribution in [1.82, 2.24) is 20.4 Å². The standard InChI is InChI=1S/C17H21N5O2/c1-18-16(23)12-5-3-4-6-15(12)21-17(24)14-9-19-8-13(14)11-7-20-22(2)10-11/h3-7,10,13-14,19H,8-9H2,1-2H3,(H,18,23)(H,21,24)/t13-,14+/m1/s1. The maximum Gasteiger partial charge on any atom is 0.253 e. The molecule has 0 aliphatic carbocycles. The normalized spacial score (nSPS) is 19.9. The fraction of sp³-hybridized carbons (Fsp3) is 0.353. The molecule has 0 saturated carbocycles. The number of para-hydroxylation sites is 1. The van der Waals surface area contributed by atoms with Crippen LogP contribution in [0.1, 0.15) is 21.8 Å². The Kier molecular flexibility index (Phi) is 4.61. The van der Waals surface area contributed by atoms with Gasteiger partial charge < -0.3 is 16.0 Å². The van der Waals surface area contributed by atoms with Crippen LogP contribution in [-0.2, 0) is 11.8 Å². The smallest absolute Gasteiger partial charge is 0.253 e. The van der Waals surface area contributed by atoms with E-state index in [2.05, 4.69) is 21.0 Å². The highest BCUT2D eigenvalue weighted by atomic mass is 16.2. The third kappa shape index (κ3) is 3.16. The summed E-state index contributed by atoms with van der Waals surface area (Å²) in [5.41, 5.74) is 2.03. The molecular formula is C17H21N5O2. The quantitative estimate of drug-likeness (QED) is 0.772. The summed E-state index contributed by atoms with van der Waals surface area (Å²) in [5, 5.41) is 13.0. The maximum atomic E-state index is 12.8. The molecule has 3 rings (SSSR count). The lowest BCUT2D eigenvalue weighted by atomic mass is 9.90. The predicted octanol–water partition coefficient (Wildman–Crippen LogP) is 0.721.